The molecule has 1 amide bonds. The fourth-order valence-corrected chi connectivity index (χ4v) is 2.54. The number of amides is 1. The molecule has 0 aliphatic carbocycles. The predicted octanol–water partition coefficient (Wildman–Crippen LogP) is 1.41. The van der Waals surface area contributed by atoms with Gasteiger partial charge in [-0.05, 0) is 31.0 Å². The monoisotopic (exact) mass is 287 g/mol. The summed E-state index contributed by atoms with van der Waals surface area (Å²) in [6.45, 7) is 2.92. The van der Waals surface area contributed by atoms with Crippen molar-refractivity contribution in [3.05, 3.63) is 35.4 Å². The van der Waals surface area contributed by atoms with Crippen LogP contribution in [0.4, 0.5) is 0 Å². The molecule has 0 radical (unpaired) electrons. The number of carbonyl (C=O) groups excluding carboxylic acids is 1. The molecule has 2 atom stereocenters. The molecule has 1 saturated heterocycles. The molecule has 1 aromatic rings. The number of hydrogen-bond donors (Lipinski definition) is 1. The number of rotatable bonds is 3. The minimum atomic E-state index is -0.150. The molecule has 0 saturated carbocycles. The maximum absolute atomic E-state index is 12.3. The molecule has 4 nitrogen and oxygen atoms in total. The number of aliphatic hydroxyl groups excluding tert-OH is 1. The van der Waals surface area contributed by atoms with Gasteiger partial charge in [0.15, 0.2) is 0 Å². The number of carbonyl (C=O) groups is 1. The Labute approximate surface area is 125 Å². The molecule has 1 fully saturated rings. The highest BCUT2D eigenvalue weighted by molar-refractivity contribution is 5.79. The lowest BCUT2D eigenvalue weighted by atomic mass is 10.0. The van der Waals surface area contributed by atoms with Crippen LogP contribution in [0, 0.1) is 17.8 Å². The second-order valence-corrected chi connectivity index (χ2v) is 5.43. The molecule has 4 heteroatoms. The van der Waals surface area contributed by atoms with E-state index in [2.05, 4.69) is 11.8 Å². The van der Waals surface area contributed by atoms with Crippen LogP contribution in [0.1, 0.15) is 24.5 Å². The molecule has 2 unspecified atom stereocenters. The number of hydrogen-bond acceptors (Lipinski definition) is 3. The van der Waals surface area contributed by atoms with Gasteiger partial charge in [0.2, 0.25) is 5.91 Å². The summed E-state index contributed by atoms with van der Waals surface area (Å²) in [5.41, 5.74) is 1.88. The smallest absolute Gasteiger partial charge is 0.228 e. The van der Waals surface area contributed by atoms with Gasteiger partial charge in [-0.1, -0.05) is 24.0 Å². The van der Waals surface area contributed by atoms with Crippen molar-refractivity contribution < 1.29 is 14.6 Å². The molecule has 0 spiro atoms. The Morgan fingerprint density at radius 1 is 1.52 bits per heavy atom. The van der Waals surface area contributed by atoms with Crippen LogP contribution in [-0.2, 0) is 16.1 Å². The molecule has 2 rings (SSSR count). The molecule has 21 heavy (non-hydrogen) atoms. The SMILES string of the molecule is CC1CC(C(=O)N(C)Cc2cccc(C#CCO)c2)CO1. The number of ether oxygens (including phenoxy) is 1. The van der Waals surface area contributed by atoms with Crippen LogP contribution in [0.3, 0.4) is 0 Å². The topological polar surface area (TPSA) is 49.8 Å². The van der Waals surface area contributed by atoms with Gasteiger partial charge in [-0.25, -0.2) is 0 Å². The largest absolute Gasteiger partial charge is 0.384 e. The lowest BCUT2D eigenvalue weighted by molar-refractivity contribution is -0.134. The van der Waals surface area contributed by atoms with Gasteiger partial charge in [0.1, 0.15) is 6.61 Å². The highest BCUT2D eigenvalue weighted by Crippen LogP contribution is 2.21. The van der Waals surface area contributed by atoms with E-state index in [0.717, 1.165) is 17.5 Å². The van der Waals surface area contributed by atoms with Gasteiger partial charge in [-0.3, -0.25) is 4.79 Å². The van der Waals surface area contributed by atoms with E-state index >= 15 is 0 Å². The Balaban J connectivity index is 1.99. The fraction of sp³-hybridized carbons (Fsp3) is 0.471. The molecule has 1 aromatic carbocycles. The van der Waals surface area contributed by atoms with E-state index in [-0.39, 0.29) is 24.5 Å². The van der Waals surface area contributed by atoms with Gasteiger partial charge < -0.3 is 14.7 Å². The highest BCUT2D eigenvalue weighted by atomic mass is 16.5. The van der Waals surface area contributed by atoms with E-state index in [0.29, 0.717) is 13.2 Å². The quantitative estimate of drug-likeness (QED) is 0.855. The minimum Gasteiger partial charge on any atom is -0.384 e. The molecule has 0 bridgehead atoms. The highest BCUT2D eigenvalue weighted by Gasteiger charge is 2.30. The summed E-state index contributed by atoms with van der Waals surface area (Å²) in [4.78, 5) is 14.1. The first-order valence-corrected chi connectivity index (χ1v) is 7.15. The van der Waals surface area contributed by atoms with Crippen LogP contribution in [-0.4, -0.2) is 42.3 Å². The zero-order valence-corrected chi connectivity index (χ0v) is 12.5. The summed E-state index contributed by atoms with van der Waals surface area (Å²) >= 11 is 0. The third-order valence-electron chi connectivity index (χ3n) is 3.58. The van der Waals surface area contributed by atoms with Gasteiger partial charge in [0.05, 0.1) is 18.6 Å². The third-order valence-corrected chi connectivity index (χ3v) is 3.58. The number of nitrogens with zero attached hydrogens (tertiary/aromatic N) is 1. The van der Waals surface area contributed by atoms with Crippen LogP contribution < -0.4 is 0 Å². The van der Waals surface area contributed by atoms with Gasteiger partial charge in [0.25, 0.3) is 0 Å². The Kier molecular flexibility index (Phi) is 5.38. The summed E-state index contributed by atoms with van der Waals surface area (Å²) in [6.07, 6.45) is 0.968. The van der Waals surface area contributed by atoms with E-state index in [1.165, 1.54) is 0 Å². The van der Waals surface area contributed by atoms with E-state index < -0.39 is 0 Å². The molecule has 1 aliphatic heterocycles. The van der Waals surface area contributed by atoms with Gasteiger partial charge in [0, 0.05) is 19.2 Å². The minimum absolute atomic E-state index is 0.0256. The summed E-state index contributed by atoms with van der Waals surface area (Å²) in [6, 6.07) is 7.72. The van der Waals surface area contributed by atoms with E-state index in [1.54, 1.807) is 4.90 Å². The zero-order chi connectivity index (χ0) is 15.2. The zero-order valence-electron chi connectivity index (χ0n) is 12.5. The van der Waals surface area contributed by atoms with Crippen molar-refractivity contribution in [1.29, 1.82) is 0 Å². The van der Waals surface area contributed by atoms with Crippen LogP contribution in [0.25, 0.3) is 0 Å². The van der Waals surface area contributed by atoms with Gasteiger partial charge in [-0.15, -0.1) is 0 Å². The second-order valence-electron chi connectivity index (χ2n) is 5.43. The van der Waals surface area contributed by atoms with Crippen molar-refractivity contribution in [2.75, 3.05) is 20.3 Å². The van der Waals surface area contributed by atoms with E-state index in [1.807, 2.05) is 38.2 Å². The average molecular weight is 287 g/mol. The van der Waals surface area contributed by atoms with Gasteiger partial charge in [-0.2, -0.15) is 0 Å². The van der Waals surface area contributed by atoms with E-state index in [4.69, 9.17) is 9.84 Å². The molecule has 112 valence electrons. The lowest BCUT2D eigenvalue weighted by Gasteiger charge is -2.20. The van der Waals surface area contributed by atoms with E-state index in [9.17, 15) is 4.79 Å². The van der Waals surface area contributed by atoms with Crippen molar-refractivity contribution in [1.82, 2.24) is 4.90 Å². The first-order valence-electron chi connectivity index (χ1n) is 7.15. The van der Waals surface area contributed by atoms with Gasteiger partial charge >= 0.3 is 0 Å². The Morgan fingerprint density at radius 3 is 3.00 bits per heavy atom. The summed E-state index contributed by atoms with van der Waals surface area (Å²) < 4.78 is 5.46. The maximum atomic E-state index is 12.3. The standard InChI is InChI=1S/C17H21NO3/c1-13-9-16(12-21-13)17(20)18(2)11-15-6-3-5-14(10-15)7-4-8-19/h3,5-6,10,13,16,19H,8-9,11-12H2,1-2H3. The Hall–Kier alpha value is -1.83. The predicted molar refractivity (Wildman–Crippen MR) is 80.4 cm³/mol. The summed E-state index contributed by atoms with van der Waals surface area (Å²) in [7, 11) is 1.82. The second kappa shape index (κ2) is 7.26. The average Bonchev–Trinajstić information content (AvgIpc) is 2.91. The number of benzene rings is 1. The first-order chi connectivity index (χ1) is 10.1. The lowest BCUT2D eigenvalue weighted by Crippen LogP contribution is -2.32. The molecule has 1 heterocycles. The molecular weight excluding hydrogens is 266 g/mol. The van der Waals surface area contributed by atoms with Crippen molar-refractivity contribution in [3.63, 3.8) is 0 Å². The normalized spacial score (nSPS) is 20.7. The molecule has 1 aliphatic rings. The van der Waals surface area contributed by atoms with Crippen molar-refractivity contribution in [3.8, 4) is 11.8 Å². The Morgan fingerprint density at radius 2 is 2.33 bits per heavy atom. The summed E-state index contributed by atoms with van der Waals surface area (Å²) in [5.74, 6) is 5.61. The molecule has 0 aromatic heterocycles. The summed E-state index contributed by atoms with van der Waals surface area (Å²) in [5, 5.41) is 8.72. The van der Waals surface area contributed by atoms with Crippen LogP contribution in [0.2, 0.25) is 0 Å². The van der Waals surface area contributed by atoms with Crippen LogP contribution in [0.5, 0.6) is 0 Å². The fourth-order valence-electron chi connectivity index (χ4n) is 2.54. The molecular formula is C17H21NO3. The number of aliphatic hydroxyl groups is 1. The Bertz CT molecular complexity index is 559. The van der Waals surface area contributed by atoms with Crippen molar-refractivity contribution in [2.45, 2.75) is 26.0 Å². The van der Waals surface area contributed by atoms with Crippen molar-refractivity contribution in [2.24, 2.45) is 5.92 Å². The first kappa shape index (κ1) is 15.6. The maximum Gasteiger partial charge on any atom is 0.228 e. The van der Waals surface area contributed by atoms with Crippen molar-refractivity contribution >= 4 is 5.91 Å². The third kappa shape index (κ3) is 4.32. The van der Waals surface area contributed by atoms with Crippen LogP contribution >= 0.6 is 0 Å². The molecule has 1 N–H and O–H groups in total. The van der Waals surface area contributed by atoms with Crippen LogP contribution in [0.15, 0.2) is 24.3 Å².